The molecular weight excluding hydrogens is 236 g/mol. The van der Waals surface area contributed by atoms with E-state index in [1.165, 1.54) is 19.8 Å². The van der Waals surface area contributed by atoms with Crippen LogP contribution in [-0.4, -0.2) is 30.0 Å². The molecule has 2 rings (SSSR count). The van der Waals surface area contributed by atoms with E-state index in [4.69, 9.17) is 5.73 Å². The summed E-state index contributed by atoms with van der Waals surface area (Å²) in [5.41, 5.74) is 4.83. The molecule has 1 fully saturated rings. The Kier molecular flexibility index (Phi) is 3.80. The maximum absolute atomic E-state index is 12.7. The van der Waals surface area contributed by atoms with Crippen LogP contribution in [-0.2, 0) is 6.42 Å². The fourth-order valence-corrected chi connectivity index (χ4v) is 2.17. The largest absolute Gasteiger partial charge is 0.357 e. The third kappa shape index (κ3) is 2.96. The summed E-state index contributed by atoms with van der Waals surface area (Å²) in [6.07, 6.45) is 1.64. The van der Waals surface area contributed by atoms with E-state index in [9.17, 15) is 8.78 Å². The topological polar surface area (TPSA) is 42.1 Å². The van der Waals surface area contributed by atoms with Gasteiger partial charge in [0.2, 0.25) is 0 Å². The summed E-state index contributed by atoms with van der Waals surface area (Å²) >= 11 is 0. The Morgan fingerprint density at radius 2 is 2.06 bits per heavy atom. The SMILES string of the molecule is CC(N)(Cc1ccc(N2CCCC2)nc1)C(F)F. The lowest BCUT2D eigenvalue weighted by Gasteiger charge is -2.23. The maximum Gasteiger partial charge on any atom is 0.256 e. The highest BCUT2D eigenvalue weighted by molar-refractivity contribution is 5.40. The maximum atomic E-state index is 12.7. The molecule has 0 saturated carbocycles. The van der Waals surface area contributed by atoms with E-state index < -0.39 is 12.0 Å². The molecule has 0 aromatic carbocycles. The number of rotatable bonds is 4. The first-order valence-corrected chi connectivity index (χ1v) is 6.26. The Morgan fingerprint density at radius 1 is 1.39 bits per heavy atom. The summed E-state index contributed by atoms with van der Waals surface area (Å²) in [7, 11) is 0. The highest BCUT2D eigenvalue weighted by Gasteiger charge is 2.30. The first-order chi connectivity index (χ1) is 8.49. The van der Waals surface area contributed by atoms with E-state index in [2.05, 4.69) is 9.88 Å². The van der Waals surface area contributed by atoms with Gasteiger partial charge in [-0.3, -0.25) is 0 Å². The van der Waals surface area contributed by atoms with Gasteiger partial charge in [0.1, 0.15) is 5.82 Å². The minimum absolute atomic E-state index is 0.137. The third-order valence-electron chi connectivity index (χ3n) is 3.32. The van der Waals surface area contributed by atoms with Gasteiger partial charge in [0.25, 0.3) is 6.43 Å². The highest BCUT2D eigenvalue weighted by atomic mass is 19.3. The summed E-state index contributed by atoms with van der Waals surface area (Å²) in [5, 5.41) is 0. The lowest BCUT2D eigenvalue weighted by molar-refractivity contribution is 0.0639. The molecule has 0 aliphatic carbocycles. The van der Waals surface area contributed by atoms with Gasteiger partial charge in [-0.05, 0) is 37.8 Å². The van der Waals surface area contributed by atoms with Crippen LogP contribution in [0.25, 0.3) is 0 Å². The van der Waals surface area contributed by atoms with E-state index >= 15 is 0 Å². The molecule has 2 N–H and O–H groups in total. The van der Waals surface area contributed by atoms with Crippen LogP contribution in [0.5, 0.6) is 0 Å². The quantitative estimate of drug-likeness (QED) is 0.897. The van der Waals surface area contributed by atoms with Crippen molar-refractivity contribution in [3.63, 3.8) is 0 Å². The normalized spacial score (nSPS) is 19.3. The van der Waals surface area contributed by atoms with Crippen molar-refractivity contribution in [3.05, 3.63) is 23.9 Å². The lowest BCUT2D eigenvalue weighted by Crippen LogP contribution is -2.45. The van der Waals surface area contributed by atoms with E-state index in [0.717, 1.165) is 24.5 Å². The van der Waals surface area contributed by atoms with Crippen LogP contribution in [0.15, 0.2) is 18.3 Å². The predicted octanol–water partition coefficient (Wildman–Crippen LogP) is 2.21. The Labute approximate surface area is 106 Å². The highest BCUT2D eigenvalue weighted by Crippen LogP contribution is 2.21. The molecule has 3 nitrogen and oxygen atoms in total. The molecule has 5 heteroatoms. The molecule has 2 heterocycles. The van der Waals surface area contributed by atoms with Gasteiger partial charge in [-0.2, -0.15) is 0 Å². The number of nitrogens with zero attached hydrogens (tertiary/aromatic N) is 2. The molecule has 1 aromatic heterocycles. The second-order valence-electron chi connectivity index (χ2n) is 5.20. The summed E-state index contributed by atoms with van der Waals surface area (Å²) in [5.74, 6) is 0.923. The number of hydrogen-bond acceptors (Lipinski definition) is 3. The van der Waals surface area contributed by atoms with Crippen molar-refractivity contribution < 1.29 is 8.78 Å². The number of nitrogens with two attached hydrogens (primary N) is 1. The van der Waals surface area contributed by atoms with Crippen molar-refractivity contribution in [1.82, 2.24) is 4.98 Å². The van der Waals surface area contributed by atoms with Crippen LogP contribution in [0.2, 0.25) is 0 Å². The summed E-state index contributed by atoms with van der Waals surface area (Å²) < 4.78 is 25.3. The van der Waals surface area contributed by atoms with Crippen LogP contribution in [0.3, 0.4) is 0 Å². The van der Waals surface area contributed by atoms with E-state index in [-0.39, 0.29) is 6.42 Å². The standard InChI is InChI=1S/C13H19F2N3/c1-13(16,12(14)15)8-10-4-5-11(17-9-10)18-6-2-3-7-18/h4-5,9,12H,2-3,6-8,16H2,1H3. The molecule has 1 saturated heterocycles. The number of hydrogen-bond donors (Lipinski definition) is 1. The monoisotopic (exact) mass is 255 g/mol. The van der Waals surface area contributed by atoms with Gasteiger partial charge >= 0.3 is 0 Å². The number of halogens is 2. The average molecular weight is 255 g/mol. The average Bonchev–Trinajstić information content (AvgIpc) is 2.83. The van der Waals surface area contributed by atoms with Gasteiger partial charge in [-0.25, -0.2) is 13.8 Å². The van der Waals surface area contributed by atoms with Gasteiger partial charge < -0.3 is 10.6 Å². The van der Waals surface area contributed by atoms with Crippen molar-refractivity contribution in [2.24, 2.45) is 5.73 Å². The molecular formula is C13H19F2N3. The van der Waals surface area contributed by atoms with E-state index in [1.54, 1.807) is 6.20 Å². The molecule has 0 spiro atoms. The Morgan fingerprint density at radius 3 is 2.56 bits per heavy atom. The van der Waals surface area contributed by atoms with Gasteiger partial charge in [0.15, 0.2) is 0 Å². The van der Waals surface area contributed by atoms with Crippen LogP contribution in [0.1, 0.15) is 25.3 Å². The first kappa shape index (κ1) is 13.2. The van der Waals surface area contributed by atoms with Crippen molar-refractivity contribution in [2.75, 3.05) is 18.0 Å². The third-order valence-corrected chi connectivity index (χ3v) is 3.32. The molecule has 0 bridgehead atoms. The molecule has 18 heavy (non-hydrogen) atoms. The van der Waals surface area contributed by atoms with Gasteiger partial charge in [-0.15, -0.1) is 0 Å². The number of aromatic nitrogens is 1. The molecule has 1 atom stereocenters. The molecule has 1 aliphatic rings. The van der Waals surface area contributed by atoms with E-state index in [0.29, 0.717) is 0 Å². The van der Waals surface area contributed by atoms with Gasteiger partial charge in [0.05, 0.1) is 5.54 Å². The molecule has 1 aromatic rings. The summed E-state index contributed by atoms with van der Waals surface area (Å²) in [6, 6.07) is 3.73. The van der Waals surface area contributed by atoms with Crippen LogP contribution >= 0.6 is 0 Å². The molecule has 1 unspecified atom stereocenters. The minimum Gasteiger partial charge on any atom is -0.357 e. The van der Waals surface area contributed by atoms with Gasteiger partial charge in [0, 0.05) is 19.3 Å². The molecule has 100 valence electrons. The van der Waals surface area contributed by atoms with Crippen molar-refractivity contribution in [1.29, 1.82) is 0 Å². The molecule has 0 amide bonds. The zero-order chi connectivity index (χ0) is 13.2. The zero-order valence-corrected chi connectivity index (χ0v) is 10.6. The smallest absolute Gasteiger partial charge is 0.256 e. The molecule has 0 radical (unpaired) electrons. The van der Waals surface area contributed by atoms with Crippen molar-refractivity contribution >= 4 is 5.82 Å². The van der Waals surface area contributed by atoms with Gasteiger partial charge in [-0.1, -0.05) is 6.07 Å². The minimum atomic E-state index is -2.53. The summed E-state index contributed by atoms with van der Waals surface area (Å²) in [4.78, 5) is 6.54. The fraction of sp³-hybridized carbons (Fsp3) is 0.615. The summed E-state index contributed by atoms with van der Waals surface area (Å²) in [6.45, 7) is 3.42. The van der Waals surface area contributed by atoms with Crippen molar-refractivity contribution in [3.8, 4) is 0 Å². The Hall–Kier alpha value is -1.23. The first-order valence-electron chi connectivity index (χ1n) is 6.26. The second-order valence-corrected chi connectivity index (χ2v) is 5.20. The fourth-order valence-electron chi connectivity index (χ4n) is 2.17. The van der Waals surface area contributed by atoms with E-state index in [1.807, 2.05) is 12.1 Å². The Balaban J connectivity index is 2.03. The zero-order valence-electron chi connectivity index (χ0n) is 10.6. The number of pyridine rings is 1. The lowest BCUT2D eigenvalue weighted by atomic mass is 9.95. The molecule has 1 aliphatic heterocycles. The van der Waals surface area contributed by atoms with Crippen molar-refractivity contribution in [2.45, 2.75) is 38.2 Å². The second kappa shape index (κ2) is 5.18. The number of alkyl halides is 2. The Bertz CT molecular complexity index is 384. The predicted molar refractivity (Wildman–Crippen MR) is 68.0 cm³/mol. The van der Waals surface area contributed by atoms with Crippen LogP contribution < -0.4 is 10.6 Å². The van der Waals surface area contributed by atoms with Crippen LogP contribution in [0, 0.1) is 0 Å². The number of anilines is 1. The van der Waals surface area contributed by atoms with Crippen LogP contribution in [0.4, 0.5) is 14.6 Å².